The highest BCUT2D eigenvalue weighted by Crippen LogP contribution is 2.15. The normalized spacial score (nSPS) is 11.4. The van der Waals surface area contributed by atoms with Crippen LogP contribution < -0.4 is 5.56 Å². The Balaban J connectivity index is 1.64. The van der Waals surface area contributed by atoms with Gasteiger partial charge in [-0.25, -0.2) is 0 Å². The molecule has 0 saturated carbocycles. The number of rotatable bonds is 5. The molecular formula is C25H18ClN5O. The molecule has 5 rings (SSSR count). The van der Waals surface area contributed by atoms with Gasteiger partial charge in [-0.3, -0.25) is 4.79 Å². The zero-order chi connectivity index (χ0) is 21.9. The van der Waals surface area contributed by atoms with E-state index in [1.54, 1.807) is 21.3 Å². The fourth-order valence-corrected chi connectivity index (χ4v) is 3.51. The van der Waals surface area contributed by atoms with Crippen LogP contribution in [0, 0.1) is 0 Å². The van der Waals surface area contributed by atoms with Crippen LogP contribution in [0.4, 0.5) is 0 Å². The van der Waals surface area contributed by atoms with Crippen molar-refractivity contribution in [3.63, 3.8) is 0 Å². The van der Waals surface area contributed by atoms with Gasteiger partial charge in [-0.05, 0) is 41.5 Å². The van der Waals surface area contributed by atoms with E-state index >= 15 is 0 Å². The first kappa shape index (κ1) is 19.9. The standard InChI is InChI=1S/C25H18ClN5O/c26-20-14-11-19(12-15-20)17-22-24(32)27-25-30(21-9-5-2-6-10-21)29-23(31(25)28-22)16-13-18-7-3-1-4-8-18/h1-16H,17H2/b16-13+. The van der Waals surface area contributed by atoms with Gasteiger partial charge in [0, 0.05) is 11.4 Å². The van der Waals surface area contributed by atoms with Crippen molar-refractivity contribution in [2.24, 2.45) is 0 Å². The Hall–Kier alpha value is -4.03. The molecule has 0 bridgehead atoms. The lowest BCUT2D eigenvalue weighted by Gasteiger charge is -2.03. The summed E-state index contributed by atoms with van der Waals surface area (Å²) in [6, 6.07) is 26.8. The van der Waals surface area contributed by atoms with Crippen molar-refractivity contribution >= 4 is 29.5 Å². The van der Waals surface area contributed by atoms with Gasteiger partial charge in [-0.1, -0.05) is 78.3 Å². The van der Waals surface area contributed by atoms with Crippen LogP contribution in [-0.4, -0.2) is 24.4 Å². The Labute approximate surface area is 189 Å². The van der Waals surface area contributed by atoms with Crippen LogP contribution in [0.25, 0.3) is 23.6 Å². The number of halogens is 1. The number of hydrogen-bond acceptors (Lipinski definition) is 4. The van der Waals surface area contributed by atoms with Gasteiger partial charge in [0.25, 0.3) is 11.3 Å². The second kappa shape index (κ2) is 8.61. The average molecular weight is 440 g/mol. The maximum Gasteiger partial charge on any atom is 0.296 e. The summed E-state index contributed by atoms with van der Waals surface area (Å²) >= 11 is 5.98. The third kappa shape index (κ3) is 4.08. The molecule has 2 heterocycles. The van der Waals surface area contributed by atoms with Crippen molar-refractivity contribution in [1.82, 2.24) is 24.4 Å². The van der Waals surface area contributed by atoms with Crippen molar-refractivity contribution in [2.75, 3.05) is 0 Å². The lowest BCUT2D eigenvalue weighted by molar-refractivity contribution is 0.811. The van der Waals surface area contributed by atoms with Gasteiger partial charge in [0.15, 0.2) is 5.82 Å². The van der Waals surface area contributed by atoms with Crippen LogP contribution >= 0.6 is 11.6 Å². The summed E-state index contributed by atoms with van der Waals surface area (Å²) in [6.07, 6.45) is 4.17. The van der Waals surface area contributed by atoms with Crippen molar-refractivity contribution in [3.05, 3.63) is 123 Å². The van der Waals surface area contributed by atoms with Crippen LogP contribution in [0.3, 0.4) is 0 Å². The summed E-state index contributed by atoms with van der Waals surface area (Å²) in [4.78, 5) is 17.1. The van der Waals surface area contributed by atoms with Crippen LogP contribution in [0.15, 0.2) is 89.7 Å². The van der Waals surface area contributed by atoms with E-state index in [0.717, 1.165) is 16.8 Å². The third-order valence-corrected chi connectivity index (χ3v) is 5.23. The van der Waals surface area contributed by atoms with Gasteiger partial charge in [-0.15, -0.1) is 5.10 Å². The lowest BCUT2D eigenvalue weighted by Crippen LogP contribution is -2.20. The van der Waals surface area contributed by atoms with Crippen molar-refractivity contribution in [3.8, 4) is 5.69 Å². The molecule has 0 amide bonds. The Morgan fingerprint density at radius 1 is 0.812 bits per heavy atom. The molecule has 32 heavy (non-hydrogen) atoms. The molecule has 0 radical (unpaired) electrons. The molecule has 156 valence electrons. The molecule has 6 nitrogen and oxygen atoms in total. The third-order valence-electron chi connectivity index (χ3n) is 4.98. The topological polar surface area (TPSA) is 65.1 Å². The summed E-state index contributed by atoms with van der Waals surface area (Å²) in [5.41, 5.74) is 2.72. The first-order valence-corrected chi connectivity index (χ1v) is 10.5. The molecule has 0 saturated heterocycles. The SMILES string of the molecule is O=c1nc2n(-c3ccccc3)nc(/C=C/c3ccccc3)n2nc1Cc1ccc(Cl)cc1. The summed E-state index contributed by atoms with van der Waals surface area (Å²) in [6.45, 7) is 0. The van der Waals surface area contributed by atoms with Crippen molar-refractivity contribution < 1.29 is 0 Å². The van der Waals surface area contributed by atoms with Crippen LogP contribution in [0.1, 0.15) is 22.6 Å². The highest BCUT2D eigenvalue weighted by atomic mass is 35.5. The van der Waals surface area contributed by atoms with E-state index in [-0.39, 0.29) is 5.56 Å². The van der Waals surface area contributed by atoms with Crippen LogP contribution in [-0.2, 0) is 6.42 Å². The fourth-order valence-electron chi connectivity index (χ4n) is 3.38. The summed E-state index contributed by atoms with van der Waals surface area (Å²) in [5.74, 6) is 0.923. The van der Waals surface area contributed by atoms with Gasteiger partial charge in [-0.2, -0.15) is 19.3 Å². The van der Waals surface area contributed by atoms with E-state index in [2.05, 4.69) is 15.2 Å². The number of fused-ring (bicyclic) bond motifs is 1. The predicted molar refractivity (Wildman–Crippen MR) is 126 cm³/mol. The first-order chi connectivity index (χ1) is 15.7. The monoisotopic (exact) mass is 439 g/mol. The number of aromatic nitrogens is 5. The molecule has 0 atom stereocenters. The van der Waals surface area contributed by atoms with E-state index in [0.29, 0.717) is 28.7 Å². The van der Waals surface area contributed by atoms with Gasteiger partial charge in [0.1, 0.15) is 5.69 Å². The number of para-hydroxylation sites is 1. The van der Waals surface area contributed by atoms with Gasteiger partial charge < -0.3 is 0 Å². The van der Waals surface area contributed by atoms with Crippen molar-refractivity contribution in [2.45, 2.75) is 6.42 Å². The minimum atomic E-state index is -0.379. The van der Waals surface area contributed by atoms with E-state index in [9.17, 15) is 4.79 Å². The van der Waals surface area contributed by atoms with E-state index in [1.807, 2.05) is 84.9 Å². The molecule has 3 aromatic carbocycles. The maximum absolute atomic E-state index is 12.8. The highest BCUT2D eigenvalue weighted by Gasteiger charge is 2.16. The van der Waals surface area contributed by atoms with Crippen LogP contribution in [0.5, 0.6) is 0 Å². The number of hydrogen-bond donors (Lipinski definition) is 0. The molecule has 0 N–H and O–H groups in total. The second-order valence-corrected chi connectivity index (χ2v) is 7.66. The average Bonchev–Trinajstić information content (AvgIpc) is 3.18. The molecule has 0 aliphatic carbocycles. The molecular weight excluding hydrogens is 422 g/mol. The van der Waals surface area contributed by atoms with Crippen molar-refractivity contribution in [1.29, 1.82) is 0 Å². The summed E-state index contributed by atoms with van der Waals surface area (Å²) in [7, 11) is 0. The Morgan fingerprint density at radius 3 is 2.22 bits per heavy atom. The van der Waals surface area contributed by atoms with E-state index < -0.39 is 0 Å². The quantitative estimate of drug-likeness (QED) is 0.398. The highest BCUT2D eigenvalue weighted by molar-refractivity contribution is 6.30. The molecule has 0 aliphatic rings. The Kier molecular flexibility index (Phi) is 5.35. The molecule has 0 unspecified atom stereocenters. The number of nitrogens with zero attached hydrogens (tertiary/aromatic N) is 5. The van der Waals surface area contributed by atoms with E-state index in [4.69, 9.17) is 11.6 Å². The maximum atomic E-state index is 12.8. The summed E-state index contributed by atoms with van der Waals surface area (Å²) < 4.78 is 3.24. The van der Waals surface area contributed by atoms with Gasteiger partial charge >= 0.3 is 0 Å². The Morgan fingerprint density at radius 2 is 1.50 bits per heavy atom. The smallest absolute Gasteiger partial charge is 0.265 e. The molecule has 0 aliphatic heterocycles. The fraction of sp³-hybridized carbons (Fsp3) is 0.0400. The molecule has 5 aromatic rings. The predicted octanol–water partition coefficient (Wildman–Crippen LogP) is 4.69. The minimum absolute atomic E-state index is 0.340. The minimum Gasteiger partial charge on any atom is -0.265 e. The van der Waals surface area contributed by atoms with Gasteiger partial charge in [0.05, 0.1) is 5.69 Å². The second-order valence-electron chi connectivity index (χ2n) is 7.23. The number of benzene rings is 3. The largest absolute Gasteiger partial charge is 0.296 e. The Bertz CT molecular complexity index is 1460. The first-order valence-electron chi connectivity index (χ1n) is 10.1. The molecule has 2 aromatic heterocycles. The van der Waals surface area contributed by atoms with Gasteiger partial charge in [0.2, 0.25) is 0 Å². The van der Waals surface area contributed by atoms with Crippen LogP contribution in [0.2, 0.25) is 5.02 Å². The summed E-state index contributed by atoms with van der Waals surface area (Å²) in [5, 5.41) is 9.95. The lowest BCUT2D eigenvalue weighted by atomic mass is 10.1. The van der Waals surface area contributed by atoms with E-state index in [1.165, 1.54) is 0 Å². The molecule has 0 fully saturated rings. The molecule has 0 spiro atoms. The zero-order valence-electron chi connectivity index (χ0n) is 17.0. The zero-order valence-corrected chi connectivity index (χ0v) is 17.7. The molecule has 7 heteroatoms.